The Morgan fingerprint density at radius 2 is 0.761 bits per heavy atom. The summed E-state index contributed by atoms with van der Waals surface area (Å²) in [4.78, 5) is 2.46. The van der Waals surface area contributed by atoms with Crippen LogP contribution < -0.4 is 4.90 Å². The number of fused-ring (bicyclic) bond motifs is 12. The van der Waals surface area contributed by atoms with Crippen LogP contribution in [-0.2, 0) is 5.41 Å². The van der Waals surface area contributed by atoms with Gasteiger partial charge in [-0.15, -0.1) is 0 Å². The minimum absolute atomic E-state index is 0.208. The summed E-state index contributed by atoms with van der Waals surface area (Å²) in [6.07, 6.45) is 0. The molecular formula is C69H45NO. The third-order valence-corrected chi connectivity index (χ3v) is 15.8. The van der Waals surface area contributed by atoms with Crippen molar-refractivity contribution in [3.05, 3.63) is 248 Å². The highest BCUT2D eigenvalue weighted by Gasteiger charge is 2.37. The average Bonchev–Trinajstić information content (AvgIpc) is 3.93. The fourth-order valence-corrected chi connectivity index (χ4v) is 12.4. The van der Waals surface area contributed by atoms with Crippen molar-refractivity contribution >= 4 is 92.9 Å². The van der Waals surface area contributed by atoms with Gasteiger partial charge >= 0.3 is 0 Å². The minimum atomic E-state index is -0.208. The lowest BCUT2D eigenvalue weighted by Crippen LogP contribution is -2.16. The molecule has 0 atom stereocenters. The van der Waals surface area contributed by atoms with Gasteiger partial charge in [0.15, 0.2) is 0 Å². The number of rotatable bonds is 6. The van der Waals surface area contributed by atoms with E-state index in [0.717, 1.165) is 28.2 Å². The van der Waals surface area contributed by atoms with Crippen molar-refractivity contribution in [1.29, 1.82) is 0 Å². The molecule has 1 aliphatic carbocycles. The first-order chi connectivity index (χ1) is 35.0. The molecule has 0 amide bonds. The second-order valence-corrected chi connectivity index (χ2v) is 20.0. The molecule has 0 N–H and O–H groups in total. The molecule has 1 heterocycles. The minimum Gasteiger partial charge on any atom is -0.456 e. The van der Waals surface area contributed by atoms with Crippen LogP contribution in [0.25, 0.3) is 120 Å². The smallest absolute Gasteiger partial charge is 0.136 e. The molecular weight excluding hydrogens is 859 g/mol. The number of furan rings is 1. The van der Waals surface area contributed by atoms with Crippen molar-refractivity contribution in [3.63, 3.8) is 0 Å². The third-order valence-electron chi connectivity index (χ3n) is 15.8. The summed E-state index contributed by atoms with van der Waals surface area (Å²) in [5.41, 5.74) is 17.7. The van der Waals surface area contributed by atoms with Gasteiger partial charge in [0.05, 0.1) is 0 Å². The zero-order chi connectivity index (χ0) is 47.0. The zero-order valence-electron chi connectivity index (χ0n) is 39.4. The van der Waals surface area contributed by atoms with Crippen LogP contribution in [-0.4, -0.2) is 0 Å². The van der Waals surface area contributed by atoms with Gasteiger partial charge in [0.25, 0.3) is 0 Å². The Bertz CT molecular complexity index is 4470. The summed E-state index contributed by atoms with van der Waals surface area (Å²) in [5.74, 6) is 0. The van der Waals surface area contributed by atoms with Crippen LogP contribution in [0.15, 0.2) is 241 Å². The van der Waals surface area contributed by atoms with Gasteiger partial charge in [-0.3, -0.25) is 0 Å². The lowest BCUT2D eigenvalue weighted by Gasteiger charge is -2.29. The Balaban J connectivity index is 0.936. The van der Waals surface area contributed by atoms with Gasteiger partial charge in [-0.05, 0) is 170 Å². The first kappa shape index (κ1) is 40.0. The van der Waals surface area contributed by atoms with E-state index in [2.05, 4.69) is 255 Å². The zero-order valence-corrected chi connectivity index (χ0v) is 39.4. The molecule has 14 aromatic rings. The molecule has 0 unspecified atom stereocenters. The molecule has 2 nitrogen and oxygen atoms in total. The molecule has 332 valence electrons. The maximum atomic E-state index is 6.39. The Morgan fingerprint density at radius 3 is 1.44 bits per heavy atom. The fourth-order valence-electron chi connectivity index (χ4n) is 12.4. The molecule has 15 rings (SSSR count). The van der Waals surface area contributed by atoms with Crippen molar-refractivity contribution in [2.75, 3.05) is 4.90 Å². The SMILES string of the molecule is CC1(C)c2cc(N(c3ccc(-c4ccccc4)cc3)c3ccc4c5ccccc5c5ccc(-c6ccc7c(c6)c6cccc8oc9cccc7c9c86)cc5c4c3)ccc2-c2c(-c3ccccc3)cccc21. The van der Waals surface area contributed by atoms with E-state index in [0.29, 0.717) is 0 Å². The van der Waals surface area contributed by atoms with Crippen molar-refractivity contribution in [2.45, 2.75) is 19.3 Å². The molecule has 1 aromatic heterocycles. The lowest BCUT2D eigenvalue weighted by molar-refractivity contribution is 0.660. The first-order valence-corrected chi connectivity index (χ1v) is 24.7. The average molecular weight is 904 g/mol. The molecule has 0 saturated heterocycles. The highest BCUT2D eigenvalue weighted by molar-refractivity contribution is 6.33. The molecule has 0 saturated carbocycles. The molecule has 0 spiro atoms. The molecule has 2 heteroatoms. The Morgan fingerprint density at radius 1 is 0.296 bits per heavy atom. The van der Waals surface area contributed by atoms with E-state index >= 15 is 0 Å². The molecule has 0 aliphatic heterocycles. The van der Waals surface area contributed by atoms with Gasteiger partial charge in [-0.25, -0.2) is 0 Å². The molecule has 0 fully saturated rings. The number of benzene rings is 13. The highest BCUT2D eigenvalue weighted by Crippen LogP contribution is 2.54. The predicted molar refractivity (Wildman–Crippen MR) is 301 cm³/mol. The van der Waals surface area contributed by atoms with Crippen LogP contribution in [0.3, 0.4) is 0 Å². The van der Waals surface area contributed by atoms with Gasteiger partial charge in [0, 0.05) is 33.2 Å². The van der Waals surface area contributed by atoms with Gasteiger partial charge < -0.3 is 9.32 Å². The summed E-state index contributed by atoms with van der Waals surface area (Å²) < 4.78 is 6.39. The van der Waals surface area contributed by atoms with Crippen molar-refractivity contribution < 1.29 is 4.42 Å². The van der Waals surface area contributed by atoms with Crippen LogP contribution in [0.5, 0.6) is 0 Å². The highest BCUT2D eigenvalue weighted by atomic mass is 16.3. The van der Waals surface area contributed by atoms with Gasteiger partial charge in [0.2, 0.25) is 0 Å². The second kappa shape index (κ2) is 15.0. The van der Waals surface area contributed by atoms with E-state index < -0.39 is 0 Å². The van der Waals surface area contributed by atoms with E-state index in [1.165, 1.54) is 120 Å². The summed E-state index contributed by atoms with van der Waals surface area (Å²) in [7, 11) is 0. The molecule has 13 aromatic carbocycles. The Labute approximate surface area is 411 Å². The van der Waals surface area contributed by atoms with Crippen molar-refractivity contribution in [2.24, 2.45) is 0 Å². The van der Waals surface area contributed by atoms with Crippen molar-refractivity contribution in [3.8, 4) is 44.5 Å². The number of hydrogen-bond donors (Lipinski definition) is 0. The summed E-state index contributed by atoms with van der Waals surface area (Å²) in [6.45, 7) is 4.77. The predicted octanol–water partition coefficient (Wildman–Crippen LogP) is 19.6. The van der Waals surface area contributed by atoms with Crippen LogP contribution in [0, 0.1) is 0 Å². The van der Waals surface area contributed by atoms with E-state index in [9.17, 15) is 0 Å². The van der Waals surface area contributed by atoms with Crippen LogP contribution in [0.2, 0.25) is 0 Å². The quantitative estimate of drug-likeness (QED) is 0.155. The fraction of sp³-hybridized carbons (Fsp3) is 0.0435. The van der Waals surface area contributed by atoms with Gasteiger partial charge in [-0.2, -0.15) is 0 Å². The van der Waals surface area contributed by atoms with Gasteiger partial charge in [0.1, 0.15) is 11.2 Å². The number of hydrogen-bond acceptors (Lipinski definition) is 2. The Hall–Kier alpha value is -8.98. The summed E-state index contributed by atoms with van der Waals surface area (Å²) in [5, 5.41) is 14.8. The molecule has 0 radical (unpaired) electrons. The summed E-state index contributed by atoms with van der Waals surface area (Å²) >= 11 is 0. The standard InChI is InChI=1S/C69H45NO/c1-69(2)62-23-11-20-50(44-16-7-4-8-17-44)66(62)58-37-33-49(41-63(58)69)70(47-30-26-43(27-31-47)42-14-5-3-6-15-42)48-32-36-54-52-19-10-9-18-51(52)53-34-28-46(39-60(53)61(54)40-48)45-29-35-55-56-21-12-24-64-67(56)68-57(59(55)38-45)22-13-25-65(68)71-64/h3-41H,1-2H3. The first-order valence-electron chi connectivity index (χ1n) is 24.7. The maximum Gasteiger partial charge on any atom is 0.136 e. The van der Waals surface area contributed by atoms with E-state index in [1.807, 2.05) is 0 Å². The molecule has 1 aliphatic rings. The lowest BCUT2D eigenvalue weighted by atomic mass is 9.81. The van der Waals surface area contributed by atoms with E-state index in [4.69, 9.17) is 4.42 Å². The number of nitrogens with zero attached hydrogens (tertiary/aromatic N) is 1. The van der Waals surface area contributed by atoms with Crippen LogP contribution in [0.4, 0.5) is 17.1 Å². The van der Waals surface area contributed by atoms with Gasteiger partial charge in [-0.1, -0.05) is 190 Å². The summed E-state index contributed by atoms with van der Waals surface area (Å²) in [6, 6.07) is 87.6. The third kappa shape index (κ3) is 5.89. The second-order valence-electron chi connectivity index (χ2n) is 20.0. The molecule has 71 heavy (non-hydrogen) atoms. The Kier molecular flexibility index (Phi) is 8.45. The van der Waals surface area contributed by atoms with Crippen LogP contribution in [0.1, 0.15) is 25.0 Å². The molecule has 0 bridgehead atoms. The van der Waals surface area contributed by atoms with E-state index in [-0.39, 0.29) is 5.41 Å². The van der Waals surface area contributed by atoms with E-state index in [1.54, 1.807) is 0 Å². The number of anilines is 3. The largest absolute Gasteiger partial charge is 0.456 e. The normalized spacial score (nSPS) is 13.0. The van der Waals surface area contributed by atoms with Crippen molar-refractivity contribution in [1.82, 2.24) is 0 Å². The van der Waals surface area contributed by atoms with Crippen LogP contribution >= 0.6 is 0 Å². The maximum absolute atomic E-state index is 6.39. The monoisotopic (exact) mass is 903 g/mol. The topological polar surface area (TPSA) is 16.4 Å².